The molecular formula is C8H17O5PS. The van der Waals surface area contributed by atoms with Crippen molar-refractivity contribution in [1.29, 1.82) is 0 Å². The maximum Gasteiger partial charge on any atom is 0.369 e. The van der Waals surface area contributed by atoms with E-state index in [0.717, 1.165) is 0 Å². The molecule has 0 amide bonds. The molecule has 1 fully saturated rings. The Bertz CT molecular complexity index is 227. The monoisotopic (exact) mass is 256 g/mol. The summed E-state index contributed by atoms with van der Waals surface area (Å²) >= 11 is 1.37. The van der Waals surface area contributed by atoms with Crippen molar-refractivity contribution in [3.05, 3.63) is 0 Å². The van der Waals surface area contributed by atoms with E-state index in [1.807, 2.05) is 0 Å². The molecule has 1 aliphatic heterocycles. The zero-order valence-corrected chi connectivity index (χ0v) is 10.6. The van der Waals surface area contributed by atoms with Gasteiger partial charge in [0.05, 0.1) is 25.9 Å². The molecular weight excluding hydrogens is 239 g/mol. The molecule has 0 spiro atoms. The highest BCUT2D eigenvalue weighted by molar-refractivity contribution is 8.05. The van der Waals surface area contributed by atoms with Gasteiger partial charge in [-0.15, -0.1) is 11.8 Å². The number of thioether (sulfide) groups is 1. The minimum atomic E-state index is -3.19. The van der Waals surface area contributed by atoms with Crippen LogP contribution in [0.15, 0.2) is 0 Å². The Labute approximate surface area is 94.0 Å². The average Bonchev–Trinajstić information content (AvgIpc) is 2.67. The van der Waals surface area contributed by atoms with Gasteiger partial charge < -0.3 is 18.9 Å². The van der Waals surface area contributed by atoms with Crippen molar-refractivity contribution in [3.63, 3.8) is 0 Å². The van der Waals surface area contributed by atoms with Crippen molar-refractivity contribution >= 4 is 19.4 Å². The van der Waals surface area contributed by atoms with Crippen LogP contribution in [0.3, 0.4) is 0 Å². The van der Waals surface area contributed by atoms with Crippen molar-refractivity contribution in [1.82, 2.24) is 0 Å². The van der Waals surface area contributed by atoms with Crippen LogP contribution in [-0.2, 0) is 18.3 Å². The first-order valence-electron chi connectivity index (χ1n) is 4.93. The zero-order valence-electron chi connectivity index (χ0n) is 8.92. The van der Waals surface area contributed by atoms with E-state index in [-0.39, 0.29) is 12.7 Å². The summed E-state index contributed by atoms with van der Waals surface area (Å²) in [5, 5.41) is 8.30. The lowest BCUT2D eigenvalue weighted by Gasteiger charge is -2.21. The first-order valence-corrected chi connectivity index (χ1v) is 7.59. The van der Waals surface area contributed by atoms with Crippen LogP contribution in [0.25, 0.3) is 0 Å². The Balaban J connectivity index is 2.61. The quantitative estimate of drug-likeness (QED) is 0.729. The number of aliphatic hydroxyl groups is 1. The minimum absolute atomic E-state index is 0.0677. The molecule has 1 heterocycles. The molecule has 0 aromatic carbocycles. The van der Waals surface area contributed by atoms with Crippen LogP contribution in [-0.4, -0.2) is 42.0 Å². The normalized spacial score (nSPS) is 27.1. The molecule has 1 aliphatic rings. The van der Waals surface area contributed by atoms with Gasteiger partial charge in [-0.1, -0.05) is 0 Å². The molecule has 1 N–H and O–H groups in total. The maximum absolute atomic E-state index is 12.2. The summed E-state index contributed by atoms with van der Waals surface area (Å²) in [6.45, 7) is 4.09. The summed E-state index contributed by atoms with van der Waals surface area (Å²) in [6, 6.07) is 0. The van der Waals surface area contributed by atoms with Crippen molar-refractivity contribution in [3.8, 4) is 0 Å². The van der Waals surface area contributed by atoms with E-state index in [1.165, 1.54) is 11.8 Å². The molecule has 0 bridgehead atoms. The third kappa shape index (κ3) is 3.44. The highest BCUT2D eigenvalue weighted by Gasteiger charge is 2.42. The van der Waals surface area contributed by atoms with E-state index < -0.39 is 12.8 Å². The lowest BCUT2D eigenvalue weighted by molar-refractivity contribution is 0.0392. The van der Waals surface area contributed by atoms with Crippen LogP contribution < -0.4 is 0 Å². The summed E-state index contributed by atoms with van der Waals surface area (Å²) < 4.78 is 27.9. The highest BCUT2D eigenvalue weighted by atomic mass is 32.2. The molecule has 0 aromatic heterocycles. The summed E-state index contributed by atoms with van der Waals surface area (Å²) in [5.74, 6) is 0.616. The lowest BCUT2D eigenvalue weighted by Crippen LogP contribution is -2.17. The van der Waals surface area contributed by atoms with Crippen LogP contribution in [0.2, 0.25) is 0 Å². The largest absolute Gasteiger partial charge is 0.394 e. The molecule has 1 saturated heterocycles. The topological polar surface area (TPSA) is 65.0 Å². The Morgan fingerprint density at radius 2 is 2.07 bits per heavy atom. The van der Waals surface area contributed by atoms with Gasteiger partial charge in [0.25, 0.3) is 0 Å². The predicted molar refractivity (Wildman–Crippen MR) is 59.1 cm³/mol. The number of hydrogen-bond acceptors (Lipinski definition) is 6. The number of aliphatic hydroxyl groups excluding tert-OH is 1. The van der Waals surface area contributed by atoms with Gasteiger partial charge in [-0.05, 0) is 13.8 Å². The molecule has 1 rings (SSSR count). The van der Waals surface area contributed by atoms with E-state index in [2.05, 4.69) is 0 Å². The zero-order chi connectivity index (χ0) is 11.3. The van der Waals surface area contributed by atoms with Crippen LogP contribution in [0.5, 0.6) is 0 Å². The van der Waals surface area contributed by atoms with Gasteiger partial charge in [-0.3, -0.25) is 4.57 Å². The first-order chi connectivity index (χ1) is 7.16. The van der Waals surface area contributed by atoms with Crippen LogP contribution >= 0.6 is 19.4 Å². The maximum atomic E-state index is 12.2. The van der Waals surface area contributed by atoms with Crippen LogP contribution in [0.4, 0.5) is 0 Å². The third-order valence-corrected chi connectivity index (χ3v) is 5.87. The minimum Gasteiger partial charge on any atom is -0.394 e. The predicted octanol–water partition coefficient (Wildman–Crippen LogP) is 1.66. The van der Waals surface area contributed by atoms with Gasteiger partial charge in [0.2, 0.25) is 5.18 Å². The molecule has 0 radical (unpaired) electrons. The Morgan fingerprint density at radius 3 is 2.47 bits per heavy atom. The van der Waals surface area contributed by atoms with Crippen molar-refractivity contribution in [2.24, 2.45) is 0 Å². The fraction of sp³-hybridized carbons (Fsp3) is 1.00. The summed E-state index contributed by atoms with van der Waals surface area (Å²) in [5.41, 5.74) is 0. The molecule has 90 valence electrons. The molecule has 7 heteroatoms. The molecule has 0 unspecified atom stereocenters. The van der Waals surface area contributed by atoms with Gasteiger partial charge in [-0.25, -0.2) is 0 Å². The summed E-state index contributed by atoms with van der Waals surface area (Å²) in [7, 11) is -3.19. The van der Waals surface area contributed by atoms with Gasteiger partial charge in [0, 0.05) is 5.75 Å². The number of rotatable bonds is 6. The number of ether oxygens (including phenoxy) is 1. The van der Waals surface area contributed by atoms with E-state index in [1.54, 1.807) is 13.8 Å². The van der Waals surface area contributed by atoms with E-state index in [0.29, 0.717) is 19.0 Å². The summed E-state index contributed by atoms with van der Waals surface area (Å²) in [4.78, 5) is 0. The average molecular weight is 256 g/mol. The lowest BCUT2D eigenvalue weighted by atomic mass is 10.4. The molecule has 2 atom stereocenters. The molecule has 0 saturated carbocycles. The highest BCUT2D eigenvalue weighted by Crippen LogP contribution is 2.59. The van der Waals surface area contributed by atoms with Crippen molar-refractivity contribution in [2.45, 2.75) is 25.1 Å². The fourth-order valence-electron chi connectivity index (χ4n) is 1.21. The van der Waals surface area contributed by atoms with E-state index in [9.17, 15) is 4.57 Å². The SMILES string of the molecule is CCOP(=O)(OCC)[C@@H]1O[C@@H](CO)CS1. The van der Waals surface area contributed by atoms with Crippen molar-refractivity contribution < 1.29 is 23.5 Å². The molecule has 5 nitrogen and oxygen atoms in total. The second kappa shape index (κ2) is 6.23. The fourth-order valence-corrected chi connectivity index (χ4v) is 4.72. The van der Waals surface area contributed by atoms with Gasteiger partial charge in [0.1, 0.15) is 0 Å². The standard InChI is InChI=1S/C8H17O5PS/c1-3-11-14(10,12-4-2)8-13-7(5-9)6-15-8/h7-9H,3-6H2,1-2H3/t7-,8-/m0/s1. The van der Waals surface area contributed by atoms with Crippen molar-refractivity contribution in [2.75, 3.05) is 25.6 Å². The second-order valence-electron chi connectivity index (χ2n) is 2.96. The Hall–Kier alpha value is 0.420. The van der Waals surface area contributed by atoms with Gasteiger partial charge in [0.15, 0.2) is 0 Å². The first kappa shape index (κ1) is 13.5. The summed E-state index contributed by atoms with van der Waals surface area (Å²) in [6.07, 6.45) is -0.269. The van der Waals surface area contributed by atoms with Crippen LogP contribution in [0, 0.1) is 0 Å². The second-order valence-corrected chi connectivity index (χ2v) is 6.47. The molecule has 15 heavy (non-hydrogen) atoms. The number of hydrogen-bond donors (Lipinski definition) is 1. The Morgan fingerprint density at radius 1 is 1.47 bits per heavy atom. The Kier molecular flexibility index (Phi) is 5.60. The van der Waals surface area contributed by atoms with Gasteiger partial charge in [-0.2, -0.15) is 0 Å². The smallest absolute Gasteiger partial charge is 0.369 e. The molecule has 0 aromatic rings. The van der Waals surface area contributed by atoms with E-state index in [4.69, 9.17) is 18.9 Å². The van der Waals surface area contributed by atoms with Gasteiger partial charge >= 0.3 is 7.60 Å². The third-order valence-electron chi connectivity index (χ3n) is 1.81. The molecule has 0 aliphatic carbocycles. The van der Waals surface area contributed by atoms with Crippen LogP contribution in [0.1, 0.15) is 13.8 Å². The van der Waals surface area contributed by atoms with E-state index >= 15 is 0 Å².